The van der Waals surface area contributed by atoms with Gasteiger partial charge in [0.2, 0.25) is 0 Å². The summed E-state index contributed by atoms with van der Waals surface area (Å²) in [6.45, 7) is 9.59. The maximum absolute atomic E-state index is 9.80. The smallest absolute Gasteiger partial charge is 0.107 e. The molecule has 0 fully saturated rings. The van der Waals surface area contributed by atoms with E-state index in [0.717, 1.165) is 17.1 Å². The molecule has 2 heteroatoms. The van der Waals surface area contributed by atoms with Gasteiger partial charge in [0, 0.05) is 11.5 Å². The van der Waals surface area contributed by atoms with Crippen LogP contribution in [0, 0.1) is 6.92 Å². The van der Waals surface area contributed by atoms with Crippen LogP contribution in [0.2, 0.25) is 0 Å². The summed E-state index contributed by atoms with van der Waals surface area (Å²) in [7, 11) is 0. The highest BCUT2D eigenvalue weighted by atomic mass is 16.3. The molecule has 0 spiro atoms. The molecule has 0 aromatic carbocycles. The monoisotopic (exact) mass is 182 g/mol. The normalized spacial score (nSPS) is 12.5. The zero-order chi connectivity index (χ0) is 10.2. The van der Waals surface area contributed by atoms with Crippen molar-refractivity contribution in [2.24, 2.45) is 0 Å². The van der Waals surface area contributed by atoms with Crippen LogP contribution in [0.4, 0.5) is 0 Å². The topological polar surface area (TPSA) is 33.4 Å². The molecule has 74 valence electrons. The Morgan fingerprint density at radius 3 is 2.15 bits per heavy atom. The van der Waals surface area contributed by atoms with Crippen LogP contribution >= 0.6 is 0 Å². The molecule has 0 unspecified atom stereocenters. The van der Waals surface area contributed by atoms with Crippen molar-refractivity contribution < 1.29 is 9.52 Å². The maximum atomic E-state index is 9.80. The molecule has 1 rings (SSSR count). The van der Waals surface area contributed by atoms with E-state index in [1.165, 1.54) is 0 Å². The molecule has 2 nitrogen and oxygen atoms in total. The van der Waals surface area contributed by atoms with E-state index in [1.54, 1.807) is 13.8 Å². The minimum Gasteiger partial charge on any atom is -0.466 e. The fourth-order valence-electron chi connectivity index (χ4n) is 1.40. The first-order chi connectivity index (χ1) is 5.82. The van der Waals surface area contributed by atoms with E-state index in [0.29, 0.717) is 5.92 Å². The highest BCUT2D eigenvalue weighted by Gasteiger charge is 2.22. The molecule has 1 N–H and O–H groups in total. The number of hydrogen-bond acceptors (Lipinski definition) is 2. The van der Waals surface area contributed by atoms with E-state index in [2.05, 4.69) is 13.8 Å². The minimum absolute atomic E-state index is 0.370. The van der Waals surface area contributed by atoms with E-state index >= 15 is 0 Å². The van der Waals surface area contributed by atoms with E-state index in [1.807, 2.05) is 13.0 Å². The van der Waals surface area contributed by atoms with Gasteiger partial charge in [0.05, 0.1) is 5.60 Å². The summed E-state index contributed by atoms with van der Waals surface area (Å²) in [6, 6.07) is 1.94. The zero-order valence-corrected chi connectivity index (χ0v) is 9.01. The molecular formula is C11H18O2. The first-order valence-corrected chi connectivity index (χ1v) is 4.65. The molecule has 1 aromatic rings. The Morgan fingerprint density at radius 2 is 1.92 bits per heavy atom. The summed E-state index contributed by atoms with van der Waals surface area (Å²) in [4.78, 5) is 0. The average Bonchev–Trinajstić information content (AvgIpc) is 2.29. The van der Waals surface area contributed by atoms with Crippen molar-refractivity contribution in [1.82, 2.24) is 0 Å². The van der Waals surface area contributed by atoms with Crippen molar-refractivity contribution >= 4 is 0 Å². The fourth-order valence-corrected chi connectivity index (χ4v) is 1.40. The van der Waals surface area contributed by atoms with Crippen LogP contribution in [0.3, 0.4) is 0 Å². The molecule has 13 heavy (non-hydrogen) atoms. The quantitative estimate of drug-likeness (QED) is 0.762. The summed E-state index contributed by atoms with van der Waals surface area (Å²) in [6.07, 6.45) is 0. The van der Waals surface area contributed by atoms with Crippen LogP contribution < -0.4 is 0 Å². The van der Waals surface area contributed by atoms with Crippen LogP contribution in [0.15, 0.2) is 10.5 Å². The van der Waals surface area contributed by atoms with Crippen LogP contribution in [0.5, 0.6) is 0 Å². The van der Waals surface area contributed by atoms with Gasteiger partial charge in [-0.25, -0.2) is 0 Å². The predicted molar refractivity (Wildman–Crippen MR) is 52.8 cm³/mol. The summed E-state index contributed by atoms with van der Waals surface area (Å²) in [5.74, 6) is 2.13. The molecule has 0 atom stereocenters. The first kappa shape index (κ1) is 10.3. The van der Waals surface area contributed by atoms with Gasteiger partial charge in [0.15, 0.2) is 0 Å². The van der Waals surface area contributed by atoms with Gasteiger partial charge < -0.3 is 9.52 Å². The number of furan rings is 1. The van der Waals surface area contributed by atoms with E-state index in [9.17, 15) is 5.11 Å². The van der Waals surface area contributed by atoms with Gasteiger partial charge in [-0.1, -0.05) is 13.8 Å². The summed E-state index contributed by atoms with van der Waals surface area (Å²) in [5.41, 5.74) is 0.0805. The largest absolute Gasteiger partial charge is 0.466 e. The third-order valence-electron chi connectivity index (χ3n) is 2.16. The SMILES string of the molecule is Cc1oc(C(C)C)cc1C(C)(C)O. The lowest BCUT2D eigenvalue weighted by molar-refractivity contribution is 0.0770. The molecule has 0 aliphatic carbocycles. The van der Waals surface area contributed by atoms with Gasteiger partial charge in [-0.2, -0.15) is 0 Å². The average molecular weight is 182 g/mol. The molecule has 0 saturated carbocycles. The lowest BCUT2D eigenvalue weighted by Crippen LogP contribution is -2.15. The van der Waals surface area contributed by atoms with Gasteiger partial charge in [0.1, 0.15) is 11.5 Å². The van der Waals surface area contributed by atoms with Gasteiger partial charge in [-0.05, 0) is 26.8 Å². The Bertz CT molecular complexity index is 290. The van der Waals surface area contributed by atoms with Gasteiger partial charge in [-0.15, -0.1) is 0 Å². The van der Waals surface area contributed by atoms with Crippen molar-refractivity contribution in [3.8, 4) is 0 Å². The van der Waals surface area contributed by atoms with E-state index in [-0.39, 0.29) is 0 Å². The third-order valence-corrected chi connectivity index (χ3v) is 2.16. The molecule has 0 saturated heterocycles. The van der Waals surface area contributed by atoms with Crippen molar-refractivity contribution in [1.29, 1.82) is 0 Å². The van der Waals surface area contributed by atoms with Crippen molar-refractivity contribution in [2.45, 2.75) is 46.1 Å². The Hall–Kier alpha value is -0.760. The summed E-state index contributed by atoms with van der Waals surface area (Å²) < 4.78 is 5.54. The standard InChI is InChI=1S/C11H18O2/c1-7(2)10-6-9(8(3)13-10)11(4,5)12/h6-7,12H,1-5H3. The first-order valence-electron chi connectivity index (χ1n) is 4.65. The maximum Gasteiger partial charge on any atom is 0.107 e. The molecular weight excluding hydrogens is 164 g/mol. The highest BCUT2D eigenvalue weighted by Crippen LogP contribution is 2.29. The number of aliphatic hydroxyl groups is 1. The zero-order valence-electron chi connectivity index (χ0n) is 9.01. The van der Waals surface area contributed by atoms with Crippen LogP contribution in [0.1, 0.15) is 50.7 Å². The summed E-state index contributed by atoms with van der Waals surface area (Å²) in [5, 5.41) is 9.80. The molecule has 0 radical (unpaired) electrons. The second-order valence-corrected chi connectivity index (χ2v) is 4.33. The molecule has 0 aliphatic rings. The van der Waals surface area contributed by atoms with Crippen molar-refractivity contribution in [3.05, 3.63) is 23.2 Å². The van der Waals surface area contributed by atoms with Crippen LogP contribution in [-0.2, 0) is 5.60 Å². The van der Waals surface area contributed by atoms with Gasteiger partial charge in [0.25, 0.3) is 0 Å². The van der Waals surface area contributed by atoms with Crippen LogP contribution in [-0.4, -0.2) is 5.11 Å². The Balaban J connectivity index is 3.11. The third kappa shape index (κ3) is 2.13. The fraction of sp³-hybridized carbons (Fsp3) is 0.636. The van der Waals surface area contributed by atoms with Crippen molar-refractivity contribution in [2.75, 3.05) is 0 Å². The van der Waals surface area contributed by atoms with Gasteiger partial charge >= 0.3 is 0 Å². The Labute approximate surface area is 79.6 Å². The van der Waals surface area contributed by atoms with Gasteiger partial charge in [-0.3, -0.25) is 0 Å². The second-order valence-electron chi connectivity index (χ2n) is 4.33. The molecule has 0 aliphatic heterocycles. The molecule has 0 amide bonds. The lowest BCUT2D eigenvalue weighted by Gasteiger charge is -2.15. The Kier molecular flexibility index (Phi) is 2.53. The predicted octanol–water partition coefficient (Wildman–Crippen LogP) is 2.94. The number of hydrogen-bond donors (Lipinski definition) is 1. The Morgan fingerprint density at radius 1 is 1.38 bits per heavy atom. The van der Waals surface area contributed by atoms with Crippen LogP contribution in [0.25, 0.3) is 0 Å². The molecule has 0 bridgehead atoms. The molecule has 1 aromatic heterocycles. The summed E-state index contributed by atoms with van der Waals surface area (Å²) >= 11 is 0. The minimum atomic E-state index is -0.805. The highest BCUT2D eigenvalue weighted by molar-refractivity contribution is 5.27. The lowest BCUT2D eigenvalue weighted by atomic mass is 9.98. The molecule has 1 heterocycles. The van der Waals surface area contributed by atoms with E-state index in [4.69, 9.17) is 4.42 Å². The second kappa shape index (κ2) is 3.18. The number of aryl methyl sites for hydroxylation is 1. The van der Waals surface area contributed by atoms with E-state index < -0.39 is 5.60 Å². The number of rotatable bonds is 2. The van der Waals surface area contributed by atoms with Crippen molar-refractivity contribution in [3.63, 3.8) is 0 Å².